The molecule has 0 saturated carbocycles. The van der Waals surface area contributed by atoms with Gasteiger partial charge in [0.05, 0.1) is 27.8 Å². The number of hydrogen-bond donors (Lipinski definition) is 0. The molecule has 0 spiro atoms. The molecule has 0 N–H and O–H groups in total. The molecule has 0 bridgehead atoms. The Kier molecular flexibility index (Phi) is 5.43. The van der Waals surface area contributed by atoms with E-state index in [1.165, 1.54) is 12.3 Å². The first-order valence-electron chi connectivity index (χ1n) is 8.59. The summed E-state index contributed by atoms with van der Waals surface area (Å²) in [5, 5.41) is 19.8. The van der Waals surface area contributed by atoms with Gasteiger partial charge in [0.1, 0.15) is 6.20 Å². The summed E-state index contributed by atoms with van der Waals surface area (Å²) in [5.74, 6) is -0.221. The number of aromatic nitrogens is 1. The first-order chi connectivity index (χ1) is 13.0. The predicted octanol–water partition coefficient (Wildman–Crippen LogP) is 2.13. The number of piperazine rings is 1. The zero-order chi connectivity index (χ0) is 19.4. The van der Waals surface area contributed by atoms with Crippen molar-refractivity contribution in [2.45, 2.75) is 13.5 Å². The maximum atomic E-state index is 12.7. The van der Waals surface area contributed by atoms with Crippen LogP contribution < -0.4 is 0 Å². The molecule has 1 amide bonds. The predicted molar refractivity (Wildman–Crippen MR) is 98.0 cm³/mol. The van der Waals surface area contributed by atoms with Crippen LogP contribution in [0.2, 0.25) is 0 Å². The summed E-state index contributed by atoms with van der Waals surface area (Å²) in [6.45, 7) is 4.97. The van der Waals surface area contributed by atoms with E-state index in [9.17, 15) is 14.9 Å². The minimum atomic E-state index is -0.543. The average Bonchev–Trinajstić information content (AvgIpc) is 2.69. The van der Waals surface area contributed by atoms with Crippen LogP contribution in [0, 0.1) is 28.4 Å². The summed E-state index contributed by atoms with van der Waals surface area (Å²) in [6.07, 6.45) is 1.17. The third kappa shape index (κ3) is 4.27. The molecule has 0 aliphatic carbocycles. The van der Waals surface area contributed by atoms with Gasteiger partial charge in [0.15, 0.2) is 0 Å². The van der Waals surface area contributed by atoms with Gasteiger partial charge in [-0.2, -0.15) is 5.26 Å². The summed E-state index contributed by atoms with van der Waals surface area (Å²) in [4.78, 5) is 31.1. The first-order valence-corrected chi connectivity index (χ1v) is 8.59. The van der Waals surface area contributed by atoms with Crippen LogP contribution in [0.5, 0.6) is 0 Å². The highest BCUT2D eigenvalue weighted by Gasteiger charge is 2.25. The lowest BCUT2D eigenvalue weighted by Crippen LogP contribution is -2.48. The molecule has 1 aliphatic rings. The Morgan fingerprint density at radius 2 is 1.93 bits per heavy atom. The van der Waals surface area contributed by atoms with E-state index < -0.39 is 4.92 Å². The second-order valence-electron chi connectivity index (χ2n) is 6.46. The molecule has 1 saturated heterocycles. The largest absolute Gasteiger partial charge is 0.336 e. The molecular formula is C19H19N5O3. The lowest BCUT2D eigenvalue weighted by atomic mass is 10.1. The van der Waals surface area contributed by atoms with E-state index >= 15 is 0 Å². The number of nitriles is 1. The molecule has 1 aromatic heterocycles. The van der Waals surface area contributed by atoms with E-state index in [4.69, 9.17) is 5.26 Å². The van der Waals surface area contributed by atoms with E-state index in [0.717, 1.165) is 12.1 Å². The highest BCUT2D eigenvalue weighted by Crippen LogP contribution is 2.18. The van der Waals surface area contributed by atoms with Crippen molar-refractivity contribution in [1.29, 1.82) is 5.26 Å². The number of nitrogens with zero attached hydrogens (tertiary/aromatic N) is 5. The van der Waals surface area contributed by atoms with Gasteiger partial charge in [-0.15, -0.1) is 0 Å². The molecule has 8 nitrogen and oxygen atoms in total. The van der Waals surface area contributed by atoms with Crippen LogP contribution in [0.1, 0.15) is 27.2 Å². The molecule has 138 valence electrons. The highest BCUT2D eigenvalue weighted by atomic mass is 16.6. The Morgan fingerprint density at radius 3 is 2.52 bits per heavy atom. The smallest absolute Gasteiger partial charge is 0.288 e. The number of hydrogen-bond acceptors (Lipinski definition) is 6. The molecule has 1 aliphatic heterocycles. The van der Waals surface area contributed by atoms with E-state index in [1.807, 2.05) is 12.1 Å². The fraction of sp³-hybridized carbons (Fsp3) is 0.316. The van der Waals surface area contributed by atoms with Crippen LogP contribution in [-0.4, -0.2) is 51.8 Å². The second kappa shape index (κ2) is 7.93. The Labute approximate surface area is 156 Å². The molecule has 0 radical (unpaired) electrons. The zero-order valence-electron chi connectivity index (χ0n) is 15.0. The van der Waals surface area contributed by atoms with Crippen molar-refractivity contribution in [3.8, 4) is 6.07 Å². The number of pyridine rings is 1. The number of carbonyl (C=O) groups excluding carboxylic acids is 1. The van der Waals surface area contributed by atoms with Crippen LogP contribution >= 0.6 is 0 Å². The fourth-order valence-electron chi connectivity index (χ4n) is 3.06. The van der Waals surface area contributed by atoms with Crippen molar-refractivity contribution in [3.63, 3.8) is 0 Å². The van der Waals surface area contributed by atoms with Crippen LogP contribution in [0.4, 0.5) is 5.69 Å². The third-order valence-corrected chi connectivity index (χ3v) is 4.66. The minimum absolute atomic E-state index is 0.177. The normalized spacial score (nSPS) is 14.6. The molecule has 2 heterocycles. The van der Waals surface area contributed by atoms with Crippen molar-refractivity contribution < 1.29 is 9.72 Å². The Hall–Kier alpha value is -3.31. The summed E-state index contributed by atoms with van der Waals surface area (Å²) in [7, 11) is 0. The van der Waals surface area contributed by atoms with Gasteiger partial charge in [0.2, 0.25) is 0 Å². The number of nitro groups is 1. The molecule has 3 rings (SSSR count). The number of aryl methyl sites for hydroxylation is 1. The maximum Gasteiger partial charge on any atom is 0.288 e. The van der Waals surface area contributed by atoms with Gasteiger partial charge >= 0.3 is 0 Å². The molecule has 0 unspecified atom stereocenters. The van der Waals surface area contributed by atoms with Crippen molar-refractivity contribution in [3.05, 3.63) is 69.0 Å². The molecule has 8 heteroatoms. The van der Waals surface area contributed by atoms with Gasteiger partial charge in [0.25, 0.3) is 11.6 Å². The number of rotatable bonds is 4. The summed E-state index contributed by atoms with van der Waals surface area (Å²) < 4.78 is 0. The number of benzene rings is 1. The lowest BCUT2D eigenvalue weighted by molar-refractivity contribution is -0.385. The van der Waals surface area contributed by atoms with Gasteiger partial charge in [-0.3, -0.25) is 24.8 Å². The lowest BCUT2D eigenvalue weighted by Gasteiger charge is -2.35. The molecule has 0 atom stereocenters. The van der Waals surface area contributed by atoms with E-state index in [2.05, 4.69) is 16.0 Å². The molecule has 1 aromatic carbocycles. The van der Waals surface area contributed by atoms with Crippen LogP contribution in [0.15, 0.2) is 36.5 Å². The summed E-state index contributed by atoms with van der Waals surface area (Å²) in [6, 6.07) is 10.9. The number of carbonyl (C=O) groups is 1. The Balaban J connectivity index is 1.61. The van der Waals surface area contributed by atoms with Gasteiger partial charge in [-0.1, -0.05) is 12.1 Å². The third-order valence-electron chi connectivity index (χ3n) is 4.66. The monoisotopic (exact) mass is 365 g/mol. The van der Waals surface area contributed by atoms with Crippen LogP contribution in [-0.2, 0) is 6.54 Å². The number of amides is 1. The van der Waals surface area contributed by atoms with Crippen molar-refractivity contribution >= 4 is 11.6 Å². The maximum absolute atomic E-state index is 12.7. The van der Waals surface area contributed by atoms with Gasteiger partial charge in [-0.05, 0) is 24.6 Å². The summed E-state index contributed by atoms with van der Waals surface area (Å²) >= 11 is 0. The van der Waals surface area contributed by atoms with Gasteiger partial charge in [0, 0.05) is 38.8 Å². The van der Waals surface area contributed by atoms with Crippen molar-refractivity contribution in [1.82, 2.24) is 14.8 Å². The van der Waals surface area contributed by atoms with Crippen LogP contribution in [0.3, 0.4) is 0 Å². The SMILES string of the molecule is Cc1ncc([N+](=O)[O-])cc1C(=O)N1CCN(Cc2ccc(C#N)cc2)CC1. The van der Waals surface area contributed by atoms with Gasteiger partial charge < -0.3 is 4.90 Å². The quantitative estimate of drug-likeness (QED) is 0.607. The second-order valence-corrected chi connectivity index (χ2v) is 6.46. The van der Waals surface area contributed by atoms with Crippen molar-refractivity contribution in [2.75, 3.05) is 26.2 Å². The standard InChI is InChI=1S/C19H19N5O3/c1-14-18(10-17(12-21-14)24(26)27)19(25)23-8-6-22(7-9-23)13-16-4-2-15(11-20)3-5-16/h2-5,10,12H,6-9,13H2,1H3. The van der Waals surface area contributed by atoms with Gasteiger partial charge in [-0.25, -0.2) is 0 Å². The Morgan fingerprint density at radius 1 is 1.26 bits per heavy atom. The minimum Gasteiger partial charge on any atom is -0.336 e. The highest BCUT2D eigenvalue weighted by molar-refractivity contribution is 5.95. The van der Waals surface area contributed by atoms with E-state index in [1.54, 1.807) is 24.0 Å². The van der Waals surface area contributed by atoms with Crippen LogP contribution in [0.25, 0.3) is 0 Å². The average molecular weight is 365 g/mol. The molecule has 27 heavy (non-hydrogen) atoms. The molecule has 2 aromatic rings. The fourth-order valence-corrected chi connectivity index (χ4v) is 3.06. The zero-order valence-corrected chi connectivity index (χ0v) is 15.0. The van der Waals surface area contributed by atoms with E-state index in [-0.39, 0.29) is 17.2 Å². The Bertz CT molecular complexity index is 897. The summed E-state index contributed by atoms with van der Waals surface area (Å²) in [5.41, 5.74) is 2.35. The topological polar surface area (TPSA) is 103 Å². The van der Waals surface area contributed by atoms with Crippen molar-refractivity contribution in [2.24, 2.45) is 0 Å². The van der Waals surface area contributed by atoms with E-state index in [0.29, 0.717) is 37.4 Å². The molecular weight excluding hydrogens is 346 g/mol. The first kappa shape index (κ1) is 18.5. The molecule has 1 fully saturated rings.